The zero-order chi connectivity index (χ0) is 16.9. The average molecular weight is 326 g/mol. The number of hydrogen-bond donors (Lipinski definition) is 2. The van der Waals surface area contributed by atoms with Crippen LogP contribution in [0.2, 0.25) is 0 Å². The molecule has 0 rings (SSSR count). The molecule has 0 aliphatic rings. The molecule has 6 nitrogen and oxygen atoms in total. The van der Waals surface area contributed by atoms with Crippen molar-refractivity contribution in [2.24, 2.45) is 0 Å². The molecule has 0 saturated heterocycles. The van der Waals surface area contributed by atoms with Crippen LogP contribution in [0.1, 0.15) is 53.4 Å². The van der Waals surface area contributed by atoms with Gasteiger partial charge in [0, 0.05) is 0 Å². The Bertz CT molecular complexity index is 206. The molecular formula is C14H31O6P. The molecule has 0 aliphatic carbocycles. The van der Waals surface area contributed by atoms with Crippen LogP contribution >= 0.6 is 8.58 Å². The molecule has 0 aliphatic heterocycles. The quantitative estimate of drug-likeness (QED) is 0.382. The summed E-state index contributed by atoms with van der Waals surface area (Å²) in [5.41, 5.74) is 0. The number of carbonyl (C=O) groups is 2. The van der Waals surface area contributed by atoms with Crippen molar-refractivity contribution in [2.75, 3.05) is 25.5 Å². The summed E-state index contributed by atoms with van der Waals surface area (Å²) in [5.74, 6) is 0. The Morgan fingerprint density at radius 1 is 0.857 bits per heavy atom. The van der Waals surface area contributed by atoms with Crippen molar-refractivity contribution in [1.82, 2.24) is 0 Å². The number of carbonyl (C=O) groups excluding carboxylic acids is 1. The minimum absolute atomic E-state index is 0.374. The van der Waals surface area contributed by atoms with Crippen molar-refractivity contribution in [3.05, 3.63) is 0 Å². The lowest BCUT2D eigenvalue weighted by molar-refractivity contribution is 0.0630. The van der Waals surface area contributed by atoms with Crippen molar-refractivity contribution >= 4 is 20.9 Å². The molecule has 0 unspecified atom stereocenters. The highest BCUT2D eigenvalue weighted by Gasteiger charge is 1.96. The van der Waals surface area contributed by atoms with Crippen LogP contribution in [-0.4, -0.2) is 48.1 Å². The lowest BCUT2D eigenvalue weighted by Gasteiger charge is -1.98. The monoisotopic (exact) mass is 326 g/mol. The van der Waals surface area contributed by atoms with Gasteiger partial charge in [-0.2, -0.15) is 0 Å². The second kappa shape index (κ2) is 24.0. The molecule has 0 aromatic carbocycles. The number of ether oxygens (including phenoxy) is 2. The first kappa shape index (κ1) is 25.0. The van der Waals surface area contributed by atoms with Gasteiger partial charge in [-0.3, -0.25) is 0 Å². The molecule has 0 amide bonds. The fourth-order valence-corrected chi connectivity index (χ4v) is 2.46. The normalized spacial score (nSPS) is 8.57. The highest BCUT2D eigenvalue weighted by Crippen LogP contribution is 2.14. The van der Waals surface area contributed by atoms with Crippen molar-refractivity contribution < 1.29 is 29.3 Å². The minimum atomic E-state index is -1.83. The van der Waals surface area contributed by atoms with Crippen molar-refractivity contribution in [3.8, 4) is 0 Å². The first-order chi connectivity index (χ1) is 9.95. The maximum absolute atomic E-state index is 10.2. The van der Waals surface area contributed by atoms with Crippen LogP contribution in [0.25, 0.3) is 0 Å². The van der Waals surface area contributed by atoms with Crippen LogP contribution in [0.5, 0.6) is 0 Å². The number of rotatable bonds is 8. The van der Waals surface area contributed by atoms with E-state index in [1.807, 2.05) is 0 Å². The molecule has 0 spiro atoms. The predicted octanol–water partition coefficient (Wildman–Crippen LogP) is 4.67. The van der Waals surface area contributed by atoms with E-state index in [2.05, 4.69) is 23.3 Å². The Kier molecular flexibility index (Phi) is 28.5. The van der Waals surface area contributed by atoms with Gasteiger partial charge in [0.15, 0.2) is 0 Å². The van der Waals surface area contributed by atoms with Gasteiger partial charge in [-0.1, -0.05) is 26.7 Å². The summed E-state index contributed by atoms with van der Waals surface area (Å²) in [4.78, 5) is 18.8. The van der Waals surface area contributed by atoms with E-state index in [1.54, 1.807) is 13.8 Å². The predicted molar refractivity (Wildman–Crippen MR) is 87.2 cm³/mol. The first-order valence-corrected chi connectivity index (χ1v) is 8.79. The van der Waals surface area contributed by atoms with E-state index in [9.17, 15) is 4.79 Å². The van der Waals surface area contributed by atoms with E-state index in [0.717, 1.165) is 0 Å². The van der Waals surface area contributed by atoms with Crippen LogP contribution in [0.3, 0.4) is 0 Å². The molecule has 0 fully saturated rings. The summed E-state index contributed by atoms with van der Waals surface area (Å²) in [7, 11) is 1.25. The molecule has 0 bridgehead atoms. The smallest absolute Gasteiger partial charge is 0.450 e. The Morgan fingerprint density at radius 2 is 1.19 bits per heavy atom. The first-order valence-electron chi connectivity index (χ1n) is 7.38. The molecule has 0 saturated carbocycles. The van der Waals surface area contributed by atoms with E-state index in [1.165, 1.54) is 46.6 Å². The molecule has 128 valence electrons. The summed E-state index contributed by atoms with van der Waals surface area (Å²) < 4.78 is 8.84. The lowest BCUT2D eigenvalue weighted by Crippen LogP contribution is -2.05. The number of unbranched alkanes of at least 4 members (excludes halogenated alkanes) is 2. The van der Waals surface area contributed by atoms with Gasteiger partial charge in [-0.15, -0.1) is 8.58 Å². The van der Waals surface area contributed by atoms with Gasteiger partial charge in [0.1, 0.15) is 0 Å². The zero-order valence-corrected chi connectivity index (χ0v) is 14.7. The summed E-state index contributed by atoms with van der Waals surface area (Å²) in [6, 6.07) is 0. The van der Waals surface area contributed by atoms with Crippen LogP contribution in [-0.2, 0) is 9.47 Å². The molecule has 2 N–H and O–H groups in total. The van der Waals surface area contributed by atoms with Crippen LogP contribution in [0.15, 0.2) is 0 Å². The molecular weight excluding hydrogens is 295 g/mol. The molecule has 0 radical (unpaired) electrons. The second-order valence-corrected chi connectivity index (χ2v) is 5.36. The lowest BCUT2D eigenvalue weighted by atomic mass is 10.4. The van der Waals surface area contributed by atoms with E-state index in [0.29, 0.717) is 13.2 Å². The molecule has 7 heteroatoms. The largest absolute Gasteiger partial charge is 0.508 e. The van der Waals surface area contributed by atoms with E-state index in [4.69, 9.17) is 15.0 Å². The highest BCUT2D eigenvalue weighted by atomic mass is 31.1. The summed E-state index contributed by atoms with van der Waals surface area (Å²) in [5, 5.41) is 13.9. The van der Waals surface area contributed by atoms with Crippen molar-refractivity contribution in [1.29, 1.82) is 0 Å². The van der Waals surface area contributed by atoms with Crippen LogP contribution in [0, 0.1) is 0 Å². The topological polar surface area (TPSA) is 93.1 Å². The second-order valence-electron chi connectivity index (χ2n) is 3.86. The Balaban J connectivity index is -0.000000249. The average Bonchev–Trinajstić information content (AvgIpc) is 2.39. The number of carboxylic acid groups (broad SMARTS) is 2. The fourth-order valence-electron chi connectivity index (χ4n) is 1.01. The minimum Gasteiger partial charge on any atom is -0.450 e. The van der Waals surface area contributed by atoms with Gasteiger partial charge in [-0.25, -0.2) is 9.59 Å². The maximum Gasteiger partial charge on any atom is 0.508 e. The van der Waals surface area contributed by atoms with E-state index >= 15 is 0 Å². The van der Waals surface area contributed by atoms with Crippen molar-refractivity contribution in [3.63, 3.8) is 0 Å². The van der Waals surface area contributed by atoms with E-state index in [-0.39, 0.29) is 0 Å². The Hall–Kier alpha value is -1.03. The highest BCUT2D eigenvalue weighted by molar-refractivity contribution is 7.37. The summed E-state index contributed by atoms with van der Waals surface area (Å²) in [6.45, 7) is 8.75. The van der Waals surface area contributed by atoms with Crippen LogP contribution < -0.4 is 0 Å². The Labute approximate surface area is 130 Å². The van der Waals surface area contributed by atoms with E-state index < -0.39 is 12.3 Å². The molecule has 21 heavy (non-hydrogen) atoms. The molecule has 0 aromatic heterocycles. The Morgan fingerprint density at radius 3 is 1.43 bits per heavy atom. The SMILES string of the molecule is CCCCPCCCC.CCOC(=O)OCC.O=C(O)O. The third-order valence-electron chi connectivity index (χ3n) is 1.94. The van der Waals surface area contributed by atoms with Gasteiger partial charge in [0.25, 0.3) is 0 Å². The van der Waals surface area contributed by atoms with Crippen molar-refractivity contribution in [2.45, 2.75) is 53.4 Å². The summed E-state index contributed by atoms with van der Waals surface area (Å²) >= 11 is 0. The maximum atomic E-state index is 10.2. The molecule has 0 aromatic rings. The third kappa shape index (κ3) is 45.4. The number of hydrogen-bond acceptors (Lipinski definition) is 4. The zero-order valence-electron chi connectivity index (χ0n) is 13.7. The van der Waals surface area contributed by atoms with Gasteiger partial charge in [0.05, 0.1) is 13.2 Å². The fraction of sp³-hybridized carbons (Fsp3) is 0.857. The molecule has 0 heterocycles. The van der Waals surface area contributed by atoms with Gasteiger partial charge in [-0.05, 0) is 39.0 Å². The van der Waals surface area contributed by atoms with Gasteiger partial charge < -0.3 is 19.7 Å². The molecule has 0 atom stereocenters. The third-order valence-corrected chi connectivity index (χ3v) is 3.35. The summed E-state index contributed by atoms with van der Waals surface area (Å²) in [6.07, 6.45) is 6.19. The van der Waals surface area contributed by atoms with Gasteiger partial charge in [0.2, 0.25) is 0 Å². The van der Waals surface area contributed by atoms with Crippen LogP contribution in [0.4, 0.5) is 9.59 Å². The standard InChI is InChI=1S/C8H19P.C5H10O3.CH2O3/c1-3-5-7-9-8-6-4-2;1-3-7-5(6)8-4-2;2-1(3)4/h9H,3-8H2,1-2H3;3-4H2,1-2H3;(H2,2,3,4). The van der Waals surface area contributed by atoms with Gasteiger partial charge >= 0.3 is 12.3 Å².